The van der Waals surface area contributed by atoms with Crippen LogP contribution in [0, 0.1) is 0 Å². The summed E-state index contributed by atoms with van der Waals surface area (Å²) in [5.74, 6) is 0. The maximum absolute atomic E-state index is 13.2. The molecule has 0 spiro atoms. The van der Waals surface area contributed by atoms with Gasteiger partial charge in [0.2, 0.25) is 0 Å². The van der Waals surface area contributed by atoms with Gasteiger partial charge >= 0.3 is 6.18 Å². The summed E-state index contributed by atoms with van der Waals surface area (Å²) < 4.78 is 39.6. The Labute approximate surface area is 188 Å². The van der Waals surface area contributed by atoms with Crippen molar-refractivity contribution in [1.82, 2.24) is 25.3 Å². The summed E-state index contributed by atoms with van der Waals surface area (Å²) in [6.45, 7) is 4.30. The van der Waals surface area contributed by atoms with Gasteiger partial charge in [0, 0.05) is 31.6 Å². The lowest BCUT2D eigenvalue weighted by Crippen LogP contribution is -2.15. The zero-order valence-corrected chi connectivity index (χ0v) is 17.8. The van der Waals surface area contributed by atoms with Crippen LogP contribution in [0.2, 0.25) is 0 Å². The summed E-state index contributed by atoms with van der Waals surface area (Å²) in [6, 6.07) is 17.4. The fourth-order valence-corrected chi connectivity index (χ4v) is 3.62. The highest BCUT2D eigenvalue weighted by atomic mass is 19.4. The molecular formula is C24H21F3N6. The number of pyridine rings is 1. The van der Waals surface area contributed by atoms with Crippen LogP contribution in [0.5, 0.6) is 0 Å². The van der Waals surface area contributed by atoms with Crippen molar-refractivity contribution in [1.29, 1.82) is 0 Å². The first-order valence-electron chi connectivity index (χ1n) is 10.2. The molecule has 0 aliphatic carbocycles. The van der Waals surface area contributed by atoms with Crippen molar-refractivity contribution in [2.45, 2.75) is 12.6 Å². The second-order valence-corrected chi connectivity index (χ2v) is 7.49. The molecular weight excluding hydrogens is 429 g/mol. The van der Waals surface area contributed by atoms with Crippen molar-refractivity contribution in [3.05, 3.63) is 83.9 Å². The molecule has 0 atom stereocenters. The number of hydrogen-bond donors (Lipinski definition) is 1. The minimum absolute atomic E-state index is 0.231. The van der Waals surface area contributed by atoms with Crippen LogP contribution in [-0.2, 0) is 12.6 Å². The second kappa shape index (κ2) is 9.23. The first-order chi connectivity index (χ1) is 15.9. The largest absolute Gasteiger partial charge is 0.437 e. The maximum atomic E-state index is 13.2. The third kappa shape index (κ3) is 4.92. The molecule has 6 nitrogen and oxygen atoms in total. The van der Waals surface area contributed by atoms with Crippen molar-refractivity contribution < 1.29 is 13.2 Å². The van der Waals surface area contributed by atoms with Gasteiger partial charge in [-0.1, -0.05) is 42.5 Å². The highest BCUT2D eigenvalue weighted by Gasteiger charge is 2.38. The molecule has 0 amide bonds. The van der Waals surface area contributed by atoms with Gasteiger partial charge in [-0.3, -0.25) is 9.98 Å². The van der Waals surface area contributed by atoms with Gasteiger partial charge in [0.15, 0.2) is 5.69 Å². The smallest absolute Gasteiger partial charge is 0.378 e. The monoisotopic (exact) mass is 450 g/mol. The van der Waals surface area contributed by atoms with Crippen LogP contribution in [-0.4, -0.2) is 45.6 Å². The fourth-order valence-electron chi connectivity index (χ4n) is 3.62. The SMILES string of the molecule is C=N/C(=C\N(C)CCc1cccc2ccccc12)c1cc(-c2n[nH]nc2C(F)(F)F)ccn1. The number of likely N-dealkylation sites (N-methyl/N-ethyl adjacent to an activating group) is 1. The van der Waals surface area contributed by atoms with E-state index in [9.17, 15) is 13.2 Å². The normalized spacial score (nSPS) is 12.2. The Kier molecular flexibility index (Phi) is 6.21. The molecule has 0 bridgehead atoms. The number of fused-ring (bicyclic) bond motifs is 1. The van der Waals surface area contributed by atoms with Crippen molar-refractivity contribution in [3.63, 3.8) is 0 Å². The van der Waals surface area contributed by atoms with E-state index in [1.807, 2.05) is 35.4 Å². The van der Waals surface area contributed by atoms with E-state index in [1.165, 1.54) is 34.7 Å². The van der Waals surface area contributed by atoms with E-state index in [0.717, 1.165) is 6.42 Å². The average molecular weight is 450 g/mol. The van der Waals surface area contributed by atoms with Crippen LogP contribution in [0.4, 0.5) is 13.2 Å². The van der Waals surface area contributed by atoms with Gasteiger partial charge in [-0.15, -0.1) is 0 Å². The standard InChI is InChI=1S/C24H21F3N6/c1-28-21(15-33(2)13-11-17-8-5-7-16-6-3-4-9-19(16)17)20-14-18(10-12-29-20)22-23(24(25,26)27)31-32-30-22/h3-10,12,14-15H,1,11,13H2,2H3,(H,30,31,32)/b21-15-. The van der Waals surface area contributed by atoms with Crippen molar-refractivity contribution in [2.75, 3.05) is 13.6 Å². The molecule has 4 rings (SSSR count). The van der Waals surface area contributed by atoms with Crippen LogP contribution < -0.4 is 0 Å². The van der Waals surface area contributed by atoms with E-state index in [4.69, 9.17) is 0 Å². The Balaban J connectivity index is 1.55. The lowest BCUT2D eigenvalue weighted by Gasteiger charge is -2.16. The van der Waals surface area contributed by atoms with Crippen LogP contribution in [0.3, 0.4) is 0 Å². The third-order valence-electron chi connectivity index (χ3n) is 5.24. The molecule has 33 heavy (non-hydrogen) atoms. The molecule has 0 aliphatic heterocycles. The molecule has 2 aromatic heterocycles. The first kappa shape index (κ1) is 22.2. The van der Waals surface area contributed by atoms with Gasteiger partial charge in [-0.25, -0.2) is 0 Å². The third-order valence-corrected chi connectivity index (χ3v) is 5.24. The molecule has 2 heterocycles. The zero-order chi connectivity index (χ0) is 23.4. The molecule has 0 radical (unpaired) electrons. The fraction of sp³-hybridized carbons (Fsp3) is 0.167. The number of aliphatic imine (C=N–C) groups is 1. The minimum atomic E-state index is -4.62. The summed E-state index contributed by atoms with van der Waals surface area (Å²) in [7, 11) is 1.90. The topological polar surface area (TPSA) is 70.1 Å². The van der Waals surface area contributed by atoms with Gasteiger partial charge in [0.1, 0.15) is 11.4 Å². The summed E-state index contributed by atoms with van der Waals surface area (Å²) in [5.41, 5.74) is 0.911. The van der Waals surface area contributed by atoms with E-state index in [2.05, 4.69) is 51.2 Å². The number of nitrogens with one attached hydrogen (secondary N) is 1. The second-order valence-electron chi connectivity index (χ2n) is 7.49. The number of aromatic nitrogens is 4. The quantitative estimate of drug-likeness (QED) is 0.393. The summed E-state index contributed by atoms with van der Waals surface area (Å²) in [4.78, 5) is 10.2. The Hall–Kier alpha value is -4.01. The van der Waals surface area contributed by atoms with E-state index in [-0.39, 0.29) is 11.3 Å². The lowest BCUT2D eigenvalue weighted by molar-refractivity contribution is -0.140. The van der Waals surface area contributed by atoms with Crippen molar-refractivity contribution in [3.8, 4) is 11.3 Å². The highest BCUT2D eigenvalue weighted by Crippen LogP contribution is 2.34. The molecule has 0 saturated heterocycles. The molecule has 0 fully saturated rings. The van der Waals surface area contributed by atoms with Crippen molar-refractivity contribution >= 4 is 23.2 Å². The number of aromatic amines is 1. The molecule has 0 unspecified atom stereocenters. The van der Waals surface area contributed by atoms with Gasteiger partial charge in [0.25, 0.3) is 0 Å². The summed E-state index contributed by atoms with van der Waals surface area (Å²) in [5, 5.41) is 11.4. The Morgan fingerprint density at radius 1 is 1.12 bits per heavy atom. The van der Waals surface area contributed by atoms with Crippen LogP contribution in [0.25, 0.3) is 27.7 Å². The molecule has 4 aromatic rings. The van der Waals surface area contributed by atoms with Gasteiger partial charge in [-0.05, 0) is 41.6 Å². The predicted molar refractivity (Wildman–Crippen MR) is 122 cm³/mol. The first-order valence-corrected chi connectivity index (χ1v) is 10.2. The zero-order valence-electron chi connectivity index (χ0n) is 17.8. The van der Waals surface area contributed by atoms with Gasteiger partial charge in [-0.2, -0.15) is 28.6 Å². The summed E-state index contributed by atoms with van der Waals surface area (Å²) >= 11 is 0. The number of halogens is 3. The number of alkyl halides is 3. The molecule has 2 aromatic carbocycles. The maximum Gasteiger partial charge on any atom is 0.437 e. The number of nitrogens with zero attached hydrogens (tertiary/aromatic N) is 5. The van der Waals surface area contributed by atoms with E-state index < -0.39 is 11.9 Å². The number of benzene rings is 2. The predicted octanol–water partition coefficient (Wildman–Crippen LogP) is 5.21. The highest BCUT2D eigenvalue weighted by molar-refractivity contribution is 5.85. The van der Waals surface area contributed by atoms with E-state index in [0.29, 0.717) is 17.9 Å². The van der Waals surface area contributed by atoms with Crippen LogP contribution >= 0.6 is 0 Å². The minimum Gasteiger partial charge on any atom is -0.378 e. The number of rotatable bonds is 7. The lowest BCUT2D eigenvalue weighted by atomic mass is 10.0. The Morgan fingerprint density at radius 3 is 2.70 bits per heavy atom. The van der Waals surface area contributed by atoms with Gasteiger partial charge in [0.05, 0.1) is 5.69 Å². The van der Waals surface area contributed by atoms with Crippen molar-refractivity contribution in [2.24, 2.45) is 4.99 Å². The van der Waals surface area contributed by atoms with E-state index in [1.54, 1.807) is 6.20 Å². The molecule has 9 heteroatoms. The molecule has 168 valence electrons. The van der Waals surface area contributed by atoms with E-state index >= 15 is 0 Å². The van der Waals surface area contributed by atoms with Crippen LogP contribution in [0.15, 0.2) is 72.0 Å². The Bertz CT molecular complexity index is 1300. The Morgan fingerprint density at radius 2 is 1.91 bits per heavy atom. The molecule has 1 N–H and O–H groups in total. The molecule has 0 saturated carbocycles. The molecule has 0 aliphatic rings. The van der Waals surface area contributed by atoms with Crippen LogP contribution in [0.1, 0.15) is 17.0 Å². The van der Waals surface area contributed by atoms with Gasteiger partial charge < -0.3 is 4.90 Å². The summed E-state index contributed by atoms with van der Waals surface area (Å²) in [6.07, 6.45) is -0.630. The number of hydrogen-bond acceptors (Lipinski definition) is 5. The number of H-pyrrole nitrogens is 1. The average Bonchev–Trinajstić information content (AvgIpc) is 3.32.